The molecule has 3 atom stereocenters. The van der Waals surface area contributed by atoms with Gasteiger partial charge in [-0.15, -0.1) is 0 Å². The first-order chi connectivity index (χ1) is 14.5. The van der Waals surface area contributed by atoms with Gasteiger partial charge in [-0.25, -0.2) is 0 Å². The Labute approximate surface area is 183 Å². The van der Waals surface area contributed by atoms with E-state index in [-0.39, 0.29) is 29.7 Å². The fourth-order valence-corrected chi connectivity index (χ4v) is 4.61. The fourth-order valence-electron chi connectivity index (χ4n) is 4.28. The summed E-state index contributed by atoms with van der Waals surface area (Å²) in [6, 6.07) is 5.20. The molecule has 0 spiro atoms. The highest BCUT2D eigenvalue weighted by Gasteiger charge is 2.43. The van der Waals surface area contributed by atoms with Crippen molar-refractivity contribution in [2.75, 3.05) is 26.1 Å². The van der Waals surface area contributed by atoms with Crippen LogP contribution in [0.3, 0.4) is 0 Å². The van der Waals surface area contributed by atoms with Gasteiger partial charge in [0.25, 0.3) is 0 Å². The highest BCUT2D eigenvalue weighted by Crippen LogP contribution is 2.35. The van der Waals surface area contributed by atoms with Crippen LogP contribution < -0.4 is 20.1 Å². The molecule has 1 aliphatic heterocycles. The Morgan fingerprint density at radius 1 is 1.27 bits per heavy atom. The van der Waals surface area contributed by atoms with Crippen LogP contribution in [0.15, 0.2) is 18.2 Å². The largest absolute Gasteiger partial charge is 0.497 e. The van der Waals surface area contributed by atoms with Gasteiger partial charge in [-0.3, -0.25) is 14.5 Å². The van der Waals surface area contributed by atoms with Crippen molar-refractivity contribution < 1.29 is 19.1 Å². The van der Waals surface area contributed by atoms with Crippen molar-refractivity contribution in [3.63, 3.8) is 0 Å². The van der Waals surface area contributed by atoms with Gasteiger partial charge in [0.2, 0.25) is 11.8 Å². The first-order valence-electron chi connectivity index (χ1n) is 10.6. The molecule has 2 fully saturated rings. The zero-order valence-corrected chi connectivity index (χ0v) is 18.7. The maximum atomic E-state index is 13.0. The van der Waals surface area contributed by atoms with E-state index in [2.05, 4.69) is 17.6 Å². The molecule has 1 aromatic rings. The first kappa shape index (κ1) is 22.3. The number of ether oxygens (including phenoxy) is 2. The van der Waals surface area contributed by atoms with Gasteiger partial charge >= 0.3 is 0 Å². The summed E-state index contributed by atoms with van der Waals surface area (Å²) < 4.78 is 10.6. The van der Waals surface area contributed by atoms with Crippen LogP contribution in [0.5, 0.6) is 11.5 Å². The Morgan fingerprint density at radius 2 is 2.07 bits per heavy atom. The summed E-state index contributed by atoms with van der Waals surface area (Å²) >= 11 is 5.45. The van der Waals surface area contributed by atoms with Crippen molar-refractivity contribution in [2.45, 2.75) is 51.5 Å². The number of rotatable bonds is 8. The number of hydrogen-bond donors (Lipinski definition) is 2. The van der Waals surface area contributed by atoms with Crippen molar-refractivity contribution >= 4 is 34.8 Å². The zero-order valence-electron chi connectivity index (χ0n) is 17.9. The van der Waals surface area contributed by atoms with Gasteiger partial charge < -0.3 is 20.1 Å². The van der Waals surface area contributed by atoms with Gasteiger partial charge in [-0.1, -0.05) is 19.8 Å². The Kier molecular flexibility index (Phi) is 7.53. The monoisotopic (exact) mass is 433 g/mol. The summed E-state index contributed by atoms with van der Waals surface area (Å²) in [5.41, 5.74) is 0.578. The molecule has 7 nitrogen and oxygen atoms in total. The van der Waals surface area contributed by atoms with Crippen LogP contribution >= 0.6 is 12.2 Å². The number of nitrogens with zero attached hydrogens (tertiary/aromatic N) is 1. The van der Waals surface area contributed by atoms with E-state index in [0.29, 0.717) is 48.1 Å². The number of carbonyl (C=O) groups excluding carboxylic acids is 2. The average molecular weight is 434 g/mol. The van der Waals surface area contributed by atoms with Gasteiger partial charge in [0.15, 0.2) is 5.11 Å². The molecule has 1 aliphatic carbocycles. The van der Waals surface area contributed by atoms with Crippen molar-refractivity contribution in [2.24, 2.45) is 11.8 Å². The Morgan fingerprint density at radius 3 is 2.77 bits per heavy atom. The molecule has 0 aromatic heterocycles. The van der Waals surface area contributed by atoms with E-state index in [1.54, 1.807) is 37.3 Å². The van der Waals surface area contributed by atoms with Crippen LogP contribution in [0.2, 0.25) is 0 Å². The molecule has 0 radical (unpaired) electrons. The number of benzene rings is 1. The molecule has 2 amide bonds. The maximum Gasteiger partial charge on any atom is 0.233 e. The molecule has 3 rings (SSSR count). The van der Waals surface area contributed by atoms with Crippen LogP contribution in [-0.4, -0.2) is 48.6 Å². The fraction of sp³-hybridized carbons (Fsp3) is 0.591. The zero-order chi connectivity index (χ0) is 21.7. The van der Waals surface area contributed by atoms with E-state index in [1.807, 2.05) is 0 Å². The third-order valence-electron chi connectivity index (χ3n) is 6.01. The number of hydrogen-bond acceptors (Lipinski definition) is 5. The number of amides is 2. The predicted octanol–water partition coefficient (Wildman–Crippen LogP) is 3.33. The molecule has 164 valence electrons. The van der Waals surface area contributed by atoms with Crippen LogP contribution in [0, 0.1) is 11.8 Å². The minimum Gasteiger partial charge on any atom is -0.497 e. The normalized spacial score (nSPS) is 23.4. The van der Waals surface area contributed by atoms with E-state index in [9.17, 15) is 9.59 Å². The van der Waals surface area contributed by atoms with Gasteiger partial charge in [-0.05, 0) is 50.0 Å². The lowest BCUT2D eigenvalue weighted by atomic mass is 9.76. The molecule has 30 heavy (non-hydrogen) atoms. The van der Waals surface area contributed by atoms with Crippen molar-refractivity contribution in [1.29, 1.82) is 0 Å². The van der Waals surface area contributed by atoms with Gasteiger partial charge in [0.05, 0.1) is 25.8 Å². The lowest BCUT2D eigenvalue weighted by molar-refractivity contribution is -0.137. The van der Waals surface area contributed by atoms with Gasteiger partial charge in [-0.2, -0.15) is 0 Å². The second kappa shape index (κ2) is 10.1. The quantitative estimate of drug-likeness (QED) is 0.484. The minimum atomic E-state index is -0.197. The summed E-state index contributed by atoms with van der Waals surface area (Å²) in [6.45, 7) is 2.80. The number of anilines is 1. The first-order valence-corrected chi connectivity index (χ1v) is 11.0. The highest BCUT2D eigenvalue weighted by atomic mass is 32.1. The molecular formula is C22H31N3O4S. The van der Waals surface area contributed by atoms with Crippen molar-refractivity contribution in [1.82, 2.24) is 10.2 Å². The highest BCUT2D eigenvalue weighted by molar-refractivity contribution is 7.80. The molecule has 1 saturated heterocycles. The molecule has 1 aromatic carbocycles. The third kappa shape index (κ3) is 4.86. The lowest BCUT2D eigenvalue weighted by Gasteiger charge is -2.43. The number of methoxy groups -OCH3 is 2. The maximum absolute atomic E-state index is 13.0. The lowest BCUT2D eigenvalue weighted by Crippen LogP contribution is -2.61. The standard InChI is InChI=1S/C22H31N3O4S/c1-4-5-6-11-25-21(27)16-9-7-14(12-17(16)24-22(25)30)20(26)23-18-13-15(28-2)8-10-19(18)29-3/h8,10,13-14,16-17H,4-7,9,11-12H2,1-3H3,(H,23,26)(H,24,30). The number of fused-ring (bicyclic) bond motifs is 1. The predicted molar refractivity (Wildman–Crippen MR) is 120 cm³/mol. The summed E-state index contributed by atoms with van der Waals surface area (Å²) in [5, 5.41) is 6.79. The summed E-state index contributed by atoms with van der Waals surface area (Å²) in [5.74, 6) is 0.930. The van der Waals surface area contributed by atoms with Crippen LogP contribution in [0.1, 0.15) is 45.4 Å². The molecule has 1 heterocycles. The molecule has 2 N–H and O–H groups in total. The van der Waals surface area contributed by atoms with Crippen LogP contribution in [0.25, 0.3) is 0 Å². The van der Waals surface area contributed by atoms with E-state index < -0.39 is 0 Å². The summed E-state index contributed by atoms with van der Waals surface area (Å²) in [7, 11) is 3.14. The number of nitrogens with one attached hydrogen (secondary N) is 2. The second-order valence-corrected chi connectivity index (χ2v) is 8.31. The van der Waals surface area contributed by atoms with Crippen molar-refractivity contribution in [3.8, 4) is 11.5 Å². The van der Waals surface area contributed by atoms with Crippen LogP contribution in [-0.2, 0) is 9.59 Å². The Balaban J connectivity index is 1.63. The topological polar surface area (TPSA) is 79.9 Å². The summed E-state index contributed by atoms with van der Waals surface area (Å²) in [6.07, 6.45) is 5.06. The number of thiocarbonyl (C=S) groups is 1. The van der Waals surface area contributed by atoms with Gasteiger partial charge in [0, 0.05) is 24.6 Å². The molecule has 3 unspecified atom stereocenters. The summed E-state index contributed by atoms with van der Waals surface area (Å²) in [4.78, 5) is 27.6. The Bertz CT molecular complexity index is 801. The van der Waals surface area contributed by atoms with Gasteiger partial charge in [0.1, 0.15) is 11.5 Å². The Hall–Kier alpha value is -2.35. The van der Waals surface area contributed by atoms with E-state index in [0.717, 1.165) is 19.3 Å². The number of carbonyl (C=O) groups is 2. The van der Waals surface area contributed by atoms with E-state index >= 15 is 0 Å². The third-order valence-corrected chi connectivity index (χ3v) is 6.35. The molecule has 0 bridgehead atoms. The minimum absolute atomic E-state index is 0.0782. The SMILES string of the molecule is CCCCCN1C(=O)C2CCC(C(=O)Nc3cc(OC)ccc3OC)CC2NC1=S. The average Bonchev–Trinajstić information content (AvgIpc) is 2.75. The van der Waals surface area contributed by atoms with E-state index in [1.165, 1.54) is 0 Å². The smallest absolute Gasteiger partial charge is 0.233 e. The van der Waals surface area contributed by atoms with E-state index in [4.69, 9.17) is 21.7 Å². The van der Waals surface area contributed by atoms with Crippen molar-refractivity contribution in [3.05, 3.63) is 18.2 Å². The molecule has 8 heteroatoms. The molecule has 1 saturated carbocycles. The molecular weight excluding hydrogens is 402 g/mol. The second-order valence-electron chi connectivity index (χ2n) is 7.92. The molecule has 2 aliphatic rings. The van der Waals surface area contributed by atoms with Crippen LogP contribution in [0.4, 0.5) is 5.69 Å². The number of unbranched alkanes of at least 4 members (excludes halogenated alkanes) is 2.